The van der Waals surface area contributed by atoms with Crippen molar-refractivity contribution in [3.8, 4) is 16.9 Å². The summed E-state index contributed by atoms with van der Waals surface area (Å²) in [5.74, 6) is 0.891. The smallest absolute Gasteiger partial charge is 0.119 e. The largest absolute Gasteiger partial charge is 0.491 e. The molecule has 0 radical (unpaired) electrons. The van der Waals surface area contributed by atoms with Crippen molar-refractivity contribution in [3.05, 3.63) is 119 Å². The second-order valence-corrected chi connectivity index (χ2v) is 9.00. The molecule has 4 rings (SSSR count). The maximum atomic E-state index is 8.81. The van der Waals surface area contributed by atoms with Crippen LogP contribution in [-0.4, -0.2) is 24.8 Å². The molecule has 0 aliphatic carbocycles. The topological polar surface area (TPSA) is 63.0 Å². The quantitative estimate of drug-likeness (QED) is 0.144. The van der Waals surface area contributed by atoms with E-state index in [1.54, 1.807) is 0 Å². The second kappa shape index (κ2) is 14.9. The van der Waals surface area contributed by atoms with Crippen molar-refractivity contribution in [2.45, 2.75) is 40.3 Å². The van der Waals surface area contributed by atoms with Crippen LogP contribution in [0.4, 0.5) is 5.69 Å². The first-order valence-corrected chi connectivity index (χ1v) is 12.7. The van der Waals surface area contributed by atoms with Crippen LogP contribution in [0.2, 0.25) is 0 Å². The van der Waals surface area contributed by atoms with Gasteiger partial charge in [0.05, 0.1) is 24.6 Å². The van der Waals surface area contributed by atoms with E-state index >= 15 is 0 Å². The number of hydrogen-bond donors (Lipinski definition) is 1. The highest BCUT2D eigenvalue weighted by molar-refractivity contribution is 5.83. The summed E-state index contributed by atoms with van der Waals surface area (Å²) >= 11 is 0. The molecule has 0 amide bonds. The third-order valence-corrected chi connectivity index (χ3v) is 5.42. The van der Waals surface area contributed by atoms with Gasteiger partial charge in [-0.3, -0.25) is 10.4 Å². The first-order valence-electron chi connectivity index (χ1n) is 12.7. The zero-order valence-electron chi connectivity index (χ0n) is 22.5. The van der Waals surface area contributed by atoms with Crippen LogP contribution in [0.1, 0.15) is 43.0 Å². The Morgan fingerprint density at radius 1 is 0.763 bits per heavy atom. The fourth-order valence-corrected chi connectivity index (χ4v) is 3.53. The SMILES string of the molecule is CC=O.Cc1ccc(N/N=C/c2ccc(-c3ccc(C=NCc4ccc(OC(C)C)cc4)cc3)cc2)cc1. The summed E-state index contributed by atoms with van der Waals surface area (Å²) in [4.78, 5) is 13.4. The number of ether oxygens (including phenoxy) is 1. The number of rotatable bonds is 9. The lowest BCUT2D eigenvalue weighted by Gasteiger charge is -2.09. The van der Waals surface area contributed by atoms with Crippen molar-refractivity contribution in [1.82, 2.24) is 0 Å². The van der Waals surface area contributed by atoms with Gasteiger partial charge >= 0.3 is 0 Å². The zero-order valence-corrected chi connectivity index (χ0v) is 22.5. The van der Waals surface area contributed by atoms with Crippen LogP contribution in [0.25, 0.3) is 11.1 Å². The third kappa shape index (κ3) is 9.51. The maximum Gasteiger partial charge on any atom is 0.119 e. The molecule has 0 saturated heterocycles. The van der Waals surface area contributed by atoms with E-state index in [2.05, 4.69) is 95.2 Å². The van der Waals surface area contributed by atoms with Crippen LogP contribution in [-0.2, 0) is 11.3 Å². The highest BCUT2D eigenvalue weighted by atomic mass is 16.5. The number of carbonyl (C=O) groups is 1. The molecule has 4 aromatic carbocycles. The molecule has 0 aliphatic heterocycles. The Hall–Kier alpha value is -4.51. The summed E-state index contributed by atoms with van der Waals surface area (Å²) in [6.45, 7) is 8.21. The molecule has 5 nitrogen and oxygen atoms in total. The van der Waals surface area contributed by atoms with Crippen LogP contribution < -0.4 is 10.2 Å². The number of nitrogens with one attached hydrogen (secondary N) is 1. The zero-order chi connectivity index (χ0) is 27.2. The molecule has 0 unspecified atom stereocenters. The molecular weight excluding hydrogens is 470 g/mol. The highest BCUT2D eigenvalue weighted by Gasteiger charge is 2.00. The van der Waals surface area contributed by atoms with Crippen molar-refractivity contribution < 1.29 is 9.53 Å². The molecule has 4 aromatic rings. The lowest BCUT2D eigenvalue weighted by atomic mass is 10.0. The molecule has 0 heterocycles. The van der Waals surface area contributed by atoms with Crippen molar-refractivity contribution in [3.63, 3.8) is 0 Å². The standard InChI is InChI=1S/C31H31N3O.C2H4O/c1-23(2)35-31-18-10-26(11-19-31)21-32-20-25-6-12-28(13-7-25)29-14-8-27(9-15-29)22-33-34-30-16-4-24(3)5-17-30;1-2-3/h4-20,22-23,34H,21H2,1-3H3;2H,1H3/b32-20?,33-22+;. The van der Waals surface area contributed by atoms with Crippen molar-refractivity contribution in [2.75, 3.05) is 5.43 Å². The lowest BCUT2D eigenvalue weighted by molar-refractivity contribution is -0.106. The van der Waals surface area contributed by atoms with Gasteiger partial charge in [-0.2, -0.15) is 5.10 Å². The molecular formula is C33H35N3O2. The van der Waals surface area contributed by atoms with Crippen LogP contribution in [0, 0.1) is 6.92 Å². The van der Waals surface area contributed by atoms with Crippen LogP contribution in [0.15, 0.2) is 107 Å². The van der Waals surface area contributed by atoms with E-state index in [0.29, 0.717) is 6.54 Å². The fourth-order valence-electron chi connectivity index (χ4n) is 3.53. The Morgan fingerprint density at radius 2 is 1.29 bits per heavy atom. The Morgan fingerprint density at radius 3 is 1.82 bits per heavy atom. The van der Waals surface area contributed by atoms with Gasteiger partial charge in [-0.15, -0.1) is 0 Å². The first kappa shape index (κ1) is 28.1. The molecule has 5 heteroatoms. The van der Waals surface area contributed by atoms with Gasteiger partial charge in [-0.1, -0.05) is 78.4 Å². The van der Waals surface area contributed by atoms with E-state index in [9.17, 15) is 0 Å². The van der Waals surface area contributed by atoms with E-state index in [1.807, 2.05) is 50.5 Å². The minimum absolute atomic E-state index is 0.181. The minimum Gasteiger partial charge on any atom is -0.491 e. The second-order valence-electron chi connectivity index (χ2n) is 9.00. The van der Waals surface area contributed by atoms with E-state index in [1.165, 1.54) is 23.6 Å². The normalized spacial score (nSPS) is 10.9. The number of aldehydes is 1. The van der Waals surface area contributed by atoms with Crippen molar-refractivity contribution in [2.24, 2.45) is 10.1 Å². The number of aryl methyl sites for hydroxylation is 1. The molecule has 0 fully saturated rings. The maximum absolute atomic E-state index is 8.81. The summed E-state index contributed by atoms with van der Waals surface area (Å²) in [5, 5.41) is 4.33. The monoisotopic (exact) mass is 505 g/mol. The summed E-state index contributed by atoms with van der Waals surface area (Å²) in [6.07, 6.45) is 4.68. The van der Waals surface area contributed by atoms with Crippen LogP contribution in [0.5, 0.6) is 5.75 Å². The van der Waals surface area contributed by atoms with Gasteiger partial charge in [0.1, 0.15) is 12.0 Å². The lowest BCUT2D eigenvalue weighted by Crippen LogP contribution is -2.05. The summed E-state index contributed by atoms with van der Waals surface area (Å²) in [5.41, 5.74) is 10.9. The van der Waals surface area contributed by atoms with E-state index in [-0.39, 0.29) is 6.10 Å². The Labute approximate surface area is 225 Å². The van der Waals surface area contributed by atoms with E-state index in [4.69, 9.17) is 9.53 Å². The number of benzene rings is 4. The van der Waals surface area contributed by atoms with Gasteiger partial charge in [0.25, 0.3) is 0 Å². The van der Waals surface area contributed by atoms with E-state index in [0.717, 1.165) is 34.4 Å². The van der Waals surface area contributed by atoms with Gasteiger partial charge < -0.3 is 9.53 Å². The minimum atomic E-state index is 0.181. The Bertz CT molecular complexity index is 1310. The average molecular weight is 506 g/mol. The van der Waals surface area contributed by atoms with Crippen molar-refractivity contribution >= 4 is 24.4 Å². The predicted molar refractivity (Wildman–Crippen MR) is 160 cm³/mol. The molecule has 0 saturated carbocycles. The van der Waals surface area contributed by atoms with Crippen LogP contribution in [0.3, 0.4) is 0 Å². The molecule has 38 heavy (non-hydrogen) atoms. The van der Waals surface area contributed by atoms with Gasteiger partial charge in [0.2, 0.25) is 0 Å². The van der Waals surface area contributed by atoms with E-state index < -0.39 is 0 Å². The summed E-state index contributed by atoms with van der Waals surface area (Å²) < 4.78 is 5.69. The number of hydrazone groups is 1. The third-order valence-electron chi connectivity index (χ3n) is 5.42. The summed E-state index contributed by atoms with van der Waals surface area (Å²) in [7, 11) is 0. The molecule has 0 aromatic heterocycles. The number of carbonyl (C=O) groups excluding carboxylic acids is 1. The highest BCUT2D eigenvalue weighted by Crippen LogP contribution is 2.20. The number of aliphatic imine (C=N–C) groups is 1. The average Bonchev–Trinajstić information content (AvgIpc) is 2.92. The molecule has 194 valence electrons. The first-order chi connectivity index (χ1) is 18.5. The van der Waals surface area contributed by atoms with Crippen molar-refractivity contribution in [1.29, 1.82) is 0 Å². The summed E-state index contributed by atoms with van der Waals surface area (Å²) in [6, 6.07) is 33.1. The molecule has 0 bridgehead atoms. The number of anilines is 1. The molecule has 0 atom stereocenters. The van der Waals surface area contributed by atoms with Gasteiger partial charge in [-0.05, 0) is 79.8 Å². The van der Waals surface area contributed by atoms with Gasteiger partial charge in [0, 0.05) is 6.21 Å². The molecule has 0 aliphatic rings. The van der Waals surface area contributed by atoms with Gasteiger partial charge in [-0.25, -0.2) is 0 Å². The molecule has 0 spiro atoms. The van der Waals surface area contributed by atoms with Gasteiger partial charge in [0.15, 0.2) is 0 Å². The Balaban J connectivity index is 0.00000127. The predicted octanol–water partition coefficient (Wildman–Crippen LogP) is 7.72. The Kier molecular flexibility index (Phi) is 11.0. The van der Waals surface area contributed by atoms with Crippen LogP contribution >= 0.6 is 0 Å². The number of nitrogens with zero attached hydrogens (tertiary/aromatic N) is 2. The number of hydrogen-bond acceptors (Lipinski definition) is 5. The molecule has 1 N–H and O–H groups in total. The fraction of sp³-hybridized carbons (Fsp3) is 0.182.